The summed E-state index contributed by atoms with van der Waals surface area (Å²) in [5, 5.41) is 14.9. The number of benzene rings is 1. The van der Waals surface area contributed by atoms with Gasteiger partial charge in [-0.1, -0.05) is 30.4 Å². The van der Waals surface area contributed by atoms with Gasteiger partial charge < -0.3 is 5.32 Å². The van der Waals surface area contributed by atoms with E-state index in [-0.39, 0.29) is 11.8 Å². The van der Waals surface area contributed by atoms with E-state index < -0.39 is 0 Å². The average molecular weight is 318 g/mol. The van der Waals surface area contributed by atoms with Crippen molar-refractivity contribution in [3.8, 4) is 0 Å². The molecular weight excluding hydrogens is 300 g/mol. The van der Waals surface area contributed by atoms with Crippen molar-refractivity contribution in [3.63, 3.8) is 0 Å². The van der Waals surface area contributed by atoms with E-state index in [1.54, 1.807) is 12.1 Å². The lowest BCUT2D eigenvalue weighted by Gasteiger charge is -2.04. The van der Waals surface area contributed by atoms with Gasteiger partial charge in [0.05, 0.1) is 0 Å². The van der Waals surface area contributed by atoms with Crippen LogP contribution in [0.15, 0.2) is 24.3 Å². The lowest BCUT2D eigenvalue weighted by molar-refractivity contribution is -0.119. The number of nitrogens with zero attached hydrogens (tertiary/aromatic N) is 2. The van der Waals surface area contributed by atoms with E-state index in [2.05, 4.69) is 27.8 Å². The molecule has 0 spiro atoms. The summed E-state index contributed by atoms with van der Waals surface area (Å²) in [6.07, 6.45) is 1.86. The third kappa shape index (κ3) is 4.63. The molecule has 0 aliphatic rings. The Labute approximate surface area is 133 Å². The fourth-order valence-corrected chi connectivity index (χ4v) is 2.63. The first-order valence-corrected chi connectivity index (χ1v) is 7.87. The van der Waals surface area contributed by atoms with E-state index in [0.717, 1.165) is 23.4 Å². The molecule has 2 N–H and O–H groups in total. The van der Waals surface area contributed by atoms with Crippen LogP contribution < -0.4 is 10.6 Å². The van der Waals surface area contributed by atoms with Crippen LogP contribution in [0.4, 0.5) is 5.13 Å². The van der Waals surface area contributed by atoms with E-state index in [1.165, 1.54) is 18.3 Å². The molecule has 6 nitrogen and oxygen atoms in total. The van der Waals surface area contributed by atoms with Gasteiger partial charge in [0.25, 0.3) is 5.91 Å². The summed E-state index contributed by atoms with van der Waals surface area (Å²) in [7, 11) is 0. The molecule has 2 aromatic rings. The zero-order valence-corrected chi connectivity index (χ0v) is 13.4. The van der Waals surface area contributed by atoms with Gasteiger partial charge in [-0.25, -0.2) is 0 Å². The molecule has 0 bridgehead atoms. The van der Waals surface area contributed by atoms with Gasteiger partial charge in [0.1, 0.15) is 5.01 Å². The first kappa shape index (κ1) is 16.1. The summed E-state index contributed by atoms with van der Waals surface area (Å²) in [6, 6.07) is 7.07. The van der Waals surface area contributed by atoms with E-state index in [1.807, 2.05) is 12.1 Å². The molecule has 116 valence electrons. The van der Waals surface area contributed by atoms with Gasteiger partial charge in [0.15, 0.2) is 0 Å². The van der Waals surface area contributed by atoms with Gasteiger partial charge in [-0.2, -0.15) is 0 Å². The zero-order valence-electron chi connectivity index (χ0n) is 12.5. The highest BCUT2D eigenvalue weighted by Crippen LogP contribution is 2.17. The predicted molar refractivity (Wildman–Crippen MR) is 85.8 cm³/mol. The van der Waals surface area contributed by atoms with Gasteiger partial charge in [-0.15, -0.1) is 10.2 Å². The number of rotatable bonds is 6. The van der Waals surface area contributed by atoms with Crippen LogP contribution in [0.25, 0.3) is 0 Å². The van der Waals surface area contributed by atoms with Crippen molar-refractivity contribution in [2.75, 3.05) is 5.32 Å². The zero-order chi connectivity index (χ0) is 15.9. The number of carbonyl (C=O) groups is 2. The number of anilines is 1. The molecule has 0 fully saturated rings. The first-order valence-electron chi connectivity index (χ1n) is 7.05. The molecule has 0 saturated carbocycles. The lowest BCUT2D eigenvalue weighted by Crippen LogP contribution is -2.19. The Bertz CT molecular complexity index is 652. The smallest absolute Gasteiger partial charge is 0.257 e. The minimum Gasteiger partial charge on any atom is -0.352 e. The Hall–Kier alpha value is -2.28. The van der Waals surface area contributed by atoms with E-state index >= 15 is 0 Å². The van der Waals surface area contributed by atoms with E-state index in [0.29, 0.717) is 17.2 Å². The van der Waals surface area contributed by atoms with Crippen molar-refractivity contribution in [3.05, 3.63) is 40.4 Å². The Morgan fingerprint density at radius 2 is 1.91 bits per heavy atom. The van der Waals surface area contributed by atoms with E-state index in [4.69, 9.17) is 0 Å². The van der Waals surface area contributed by atoms with Gasteiger partial charge in [0.2, 0.25) is 11.0 Å². The third-order valence-corrected chi connectivity index (χ3v) is 3.81. The van der Waals surface area contributed by atoms with Crippen LogP contribution in [-0.4, -0.2) is 22.0 Å². The molecule has 0 atom stereocenters. The van der Waals surface area contributed by atoms with Crippen LogP contribution in [0.5, 0.6) is 0 Å². The number of hydrogen-bond acceptors (Lipinski definition) is 5. The van der Waals surface area contributed by atoms with E-state index in [9.17, 15) is 9.59 Å². The summed E-state index contributed by atoms with van der Waals surface area (Å²) in [5.41, 5.74) is 1.48. The molecule has 22 heavy (non-hydrogen) atoms. The minimum atomic E-state index is -0.217. The van der Waals surface area contributed by atoms with Crippen molar-refractivity contribution in [1.29, 1.82) is 0 Å². The van der Waals surface area contributed by atoms with Gasteiger partial charge in [-0.3, -0.25) is 14.9 Å². The van der Waals surface area contributed by atoms with Crippen molar-refractivity contribution in [1.82, 2.24) is 15.5 Å². The van der Waals surface area contributed by atoms with Crippen LogP contribution in [0.3, 0.4) is 0 Å². The highest BCUT2D eigenvalue weighted by Gasteiger charge is 2.10. The SMILES string of the molecule is CCCc1nnc(NC(=O)c2ccc(CNC(C)=O)cc2)s1. The lowest BCUT2D eigenvalue weighted by atomic mass is 10.1. The Morgan fingerprint density at radius 1 is 1.18 bits per heavy atom. The Balaban J connectivity index is 1.95. The number of aryl methyl sites for hydroxylation is 1. The highest BCUT2D eigenvalue weighted by atomic mass is 32.1. The van der Waals surface area contributed by atoms with Crippen LogP contribution in [0.2, 0.25) is 0 Å². The Morgan fingerprint density at radius 3 is 2.55 bits per heavy atom. The van der Waals surface area contributed by atoms with Gasteiger partial charge in [-0.05, 0) is 24.1 Å². The van der Waals surface area contributed by atoms with Gasteiger partial charge >= 0.3 is 0 Å². The second kappa shape index (κ2) is 7.65. The Kier molecular flexibility index (Phi) is 5.60. The quantitative estimate of drug-likeness (QED) is 0.856. The maximum atomic E-state index is 12.1. The largest absolute Gasteiger partial charge is 0.352 e. The molecule has 0 aliphatic heterocycles. The molecule has 7 heteroatoms. The van der Waals surface area contributed by atoms with Crippen LogP contribution in [0, 0.1) is 0 Å². The number of aromatic nitrogens is 2. The maximum absolute atomic E-state index is 12.1. The summed E-state index contributed by atoms with van der Waals surface area (Å²) in [6.45, 7) is 3.99. The molecule has 1 aromatic heterocycles. The fraction of sp³-hybridized carbons (Fsp3) is 0.333. The summed E-state index contributed by atoms with van der Waals surface area (Å²) in [4.78, 5) is 23.0. The van der Waals surface area contributed by atoms with Gasteiger partial charge in [0, 0.05) is 25.5 Å². The fourth-order valence-electron chi connectivity index (χ4n) is 1.79. The van der Waals surface area contributed by atoms with Crippen LogP contribution in [-0.2, 0) is 17.8 Å². The summed E-state index contributed by atoms with van der Waals surface area (Å²) < 4.78 is 0. The second-order valence-electron chi connectivity index (χ2n) is 4.81. The number of carbonyl (C=O) groups excluding carboxylic acids is 2. The van der Waals surface area contributed by atoms with Crippen LogP contribution >= 0.6 is 11.3 Å². The average Bonchev–Trinajstić information content (AvgIpc) is 2.93. The molecule has 2 rings (SSSR count). The summed E-state index contributed by atoms with van der Waals surface area (Å²) >= 11 is 1.39. The number of hydrogen-bond donors (Lipinski definition) is 2. The third-order valence-electron chi connectivity index (χ3n) is 2.91. The number of amides is 2. The van der Waals surface area contributed by atoms with Crippen LogP contribution in [0.1, 0.15) is 41.2 Å². The molecule has 1 aromatic carbocycles. The topological polar surface area (TPSA) is 84.0 Å². The molecular formula is C15H18N4O2S. The van der Waals surface area contributed by atoms with Crippen molar-refractivity contribution < 1.29 is 9.59 Å². The monoisotopic (exact) mass is 318 g/mol. The number of nitrogens with one attached hydrogen (secondary N) is 2. The minimum absolute atomic E-state index is 0.0824. The molecule has 0 radical (unpaired) electrons. The molecule has 0 unspecified atom stereocenters. The second-order valence-corrected chi connectivity index (χ2v) is 5.87. The molecule has 2 amide bonds. The molecule has 0 saturated heterocycles. The summed E-state index contributed by atoms with van der Waals surface area (Å²) in [5.74, 6) is -0.300. The first-order chi connectivity index (χ1) is 10.6. The van der Waals surface area contributed by atoms with Crippen molar-refractivity contribution in [2.45, 2.75) is 33.2 Å². The predicted octanol–water partition coefficient (Wildman–Crippen LogP) is 2.38. The maximum Gasteiger partial charge on any atom is 0.257 e. The molecule has 1 heterocycles. The standard InChI is InChI=1S/C15H18N4O2S/c1-3-4-13-18-19-15(22-13)17-14(21)12-7-5-11(6-8-12)9-16-10(2)20/h5-8H,3-4,9H2,1-2H3,(H,16,20)(H,17,19,21). The van der Waals surface area contributed by atoms with Crippen molar-refractivity contribution in [2.24, 2.45) is 0 Å². The normalized spacial score (nSPS) is 10.3. The van der Waals surface area contributed by atoms with Crippen molar-refractivity contribution >= 4 is 28.3 Å². The highest BCUT2D eigenvalue weighted by molar-refractivity contribution is 7.15. The molecule has 0 aliphatic carbocycles.